The molecular weight excluding hydrogens is 322 g/mol. The third-order valence-corrected chi connectivity index (χ3v) is 3.91. The molecule has 0 aliphatic carbocycles. The summed E-state index contributed by atoms with van der Waals surface area (Å²) in [7, 11) is 0. The standard InChI is InChI=1S/C19H21NO5/c1-13-2-5-15(6-3-13)23-11-19(22)20-9-8-16(21)14-4-7-17-18(10-14)25-12-24-17/h2-7,10,16,21H,8-9,11-12H2,1H3,(H,20,22). The van der Waals surface area contributed by atoms with E-state index < -0.39 is 6.10 Å². The molecule has 0 bridgehead atoms. The number of amides is 1. The molecule has 1 atom stereocenters. The zero-order valence-corrected chi connectivity index (χ0v) is 14.0. The lowest BCUT2D eigenvalue weighted by Crippen LogP contribution is -2.30. The number of nitrogens with one attached hydrogen (secondary N) is 1. The highest BCUT2D eigenvalue weighted by molar-refractivity contribution is 5.77. The van der Waals surface area contributed by atoms with Crippen LogP contribution in [0.25, 0.3) is 0 Å². The fourth-order valence-electron chi connectivity index (χ4n) is 2.47. The minimum absolute atomic E-state index is 0.0524. The van der Waals surface area contributed by atoms with E-state index in [9.17, 15) is 9.90 Å². The molecule has 25 heavy (non-hydrogen) atoms. The van der Waals surface area contributed by atoms with Crippen LogP contribution in [0.5, 0.6) is 17.2 Å². The zero-order chi connectivity index (χ0) is 17.6. The molecule has 2 N–H and O–H groups in total. The second kappa shape index (κ2) is 7.90. The lowest BCUT2D eigenvalue weighted by atomic mass is 10.1. The van der Waals surface area contributed by atoms with Gasteiger partial charge >= 0.3 is 0 Å². The number of hydrogen-bond acceptors (Lipinski definition) is 5. The summed E-state index contributed by atoms with van der Waals surface area (Å²) in [4.78, 5) is 11.8. The first-order valence-corrected chi connectivity index (χ1v) is 8.15. The van der Waals surface area contributed by atoms with Crippen molar-refractivity contribution in [1.82, 2.24) is 5.32 Å². The molecule has 1 aliphatic heterocycles. The number of ether oxygens (including phenoxy) is 3. The minimum atomic E-state index is -0.687. The number of fused-ring (bicyclic) bond motifs is 1. The highest BCUT2D eigenvalue weighted by Gasteiger charge is 2.16. The number of benzene rings is 2. The highest BCUT2D eigenvalue weighted by atomic mass is 16.7. The highest BCUT2D eigenvalue weighted by Crippen LogP contribution is 2.34. The van der Waals surface area contributed by atoms with Gasteiger partial charge in [0.05, 0.1) is 6.10 Å². The molecule has 0 saturated heterocycles. The van der Waals surface area contributed by atoms with Gasteiger partial charge in [-0.25, -0.2) is 0 Å². The van der Waals surface area contributed by atoms with Gasteiger partial charge in [-0.3, -0.25) is 4.79 Å². The molecule has 1 unspecified atom stereocenters. The Morgan fingerprint density at radius 3 is 2.76 bits per heavy atom. The zero-order valence-electron chi connectivity index (χ0n) is 14.0. The Hall–Kier alpha value is -2.73. The average molecular weight is 343 g/mol. The van der Waals surface area contributed by atoms with E-state index in [0.29, 0.717) is 30.2 Å². The summed E-state index contributed by atoms with van der Waals surface area (Å²) in [6.07, 6.45) is -0.288. The van der Waals surface area contributed by atoms with Crippen molar-refractivity contribution >= 4 is 5.91 Å². The minimum Gasteiger partial charge on any atom is -0.484 e. The van der Waals surface area contributed by atoms with Gasteiger partial charge in [-0.2, -0.15) is 0 Å². The van der Waals surface area contributed by atoms with Crippen molar-refractivity contribution in [3.63, 3.8) is 0 Å². The summed E-state index contributed by atoms with van der Waals surface area (Å²) >= 11 is 0. The monoisotopic (exact) mass is 343 g/mol. The summed E-state index contributed by atoms with van der Waals surface area (Å²) in [5.74, 6) is 1.74. The van der Waals surface area contributed by atoms with E-state index in [1.165, 1.54) is 0 Å². The first-order valence-electron chi connectivity index (χ1n) is 8.15. The van der Waals surface area contributed by atoms with Crippen molar-refractivity contribution in [2.45, 2.75) is 19.4 Å². The third kappa shape index (κ3) is 4.64. The van der Waals surface area contributed by atoms with E-state index in [4.69, 9.17) is 14.2 Å². The van der Waals surface area contributed by atoms with Crippen molar-refractivity contribution in [3.05, 3.63) is 53.6 Å². The lowest BCUT2D eigenvalue weighted by molar-refractivity contribution is -0.123. The van der Waals surface area contributed by atoms with E-state index >= 15 is 0 Å². The van der Waals surface area contributed by atoms with Crippen LogP contribution in [0, 0.1) is 6.92 Å². The number of aryl methyl sites for hydroxylation is 1. The third-order valence-electron chi connectivity index (χ3n) is 3.91. The van der Waals surface area contributed by atoms with Crippen LogP contribution in [0.4, 0.5) is 0 Å². The van der Waals surface area contributed by atoms with Crippen molar-refractivity contribution in [2.75, 3.05) is 19.9 Å². The van der Waals surface area contributed by atoms with Gasteiger partial charge in [0.15, 0.2) is 18.1 Å². The Bertz CT molecular complexity index is 729. The summed E-state index contributed by atoms with van der Waals surface area (Å²) < 4.78 is 15.9. The first kappa shape index (κ1) is 17.1. The second-order valence-corrected chi connectivity index (χ2v) is 5.87. The molecule has 6 nitrogen and oxygen atoms in total. The molecule has 2 aromatic carbocycles. The number of hydrogen-bond donors (Lipinski definition) is 2. The maximum Gasteiger partial charge on any atom is 0.257 e. The topological polar surface area (TPSA) is 77.0 Å². The molecule has 2 aromatic rings. The largest absolute Gasteiger partial charge is 0.484 e. The molecule has 0 radical (unpaired) electrons. The molecule has 6 heteroatoms. The van der Waals surface area contributed by atoms with Crippen LogP contribution < -0.4 is 19.5 Å². The van der Waals surface area contributed by atoms with E-state index in [-0.39, 0.29) is 19.3 Å². The van der Waals surface area contributed by atoms with E-state index in [1.807, 2.05) is 31.2 Å². The fourth-order valence-corrected chi connectivity index (χ4v) is 2.47. The molecular formula is C19H21NO5. The Labute approximate surface area is 146 Å². The number of aliphatic hydroxyl groups excluding tert-OH is 1. The average Bonchev–Trinajstić information content (AvgIpc) is 3.09. The normalized spacial score (nSPS) is 13.4. The predicted octanol–water partition coefficient (Wildman–Crippen LogP) is 2.34. The number of carbonyl (C=O) groups excluding carboxylic acids is 1. The summed E-state index contributed by atoms with van der Waals surface area (Å²) in [6, 6.07) is 12.8. The first-order chi connectivity index (χ1) is 12.1. The lowest BCUT2D eigenvalue weighted by Gasteiger charge is -2.12. The number of rotatable bonds is 7. The van der Waals surface area contributed by atoms with Crippen molar-refractivity contribution in [3.8, 4) is 17.2 Å². The predicted molar refractivity (Wildman–Crippen MR) is 91.8 cm³/mol. The Kier molecular flexibility index (Phi) is 5.40. The van der Waals surface area contributed by atoms with Crippen LogP contribution in [0.2, 0.25) is 0 Å². The Morgan fingerprint density at radius 2 is 1.96 bits per heavy atom. The van der Waals surface area contributed by atoms with Gasteiger partial charge in [-0.05, 0) is 43.2 Å². The summed E-state index contributed by atoms with van der Waals surface area (Å²) in [5, 5.41) is 13.0. The number of carbonyl (C=O) groups is 1. The molecule has 1 heterocycles. The van der Waals surface area contributed by atoms with Gasteiger partial charge in [-0.1, -0.05) is 23.8 Å². The molecule has 1 aliphatic rings. The van der Waals surface area contributed by atoms with Crippen LogP contribution in [0.15, 0.2) is 42.5 Å². The molecule has 0 saturated carbocycles. The second-order valence-electron chi connectivity index (χ2n) is 5.87. The molecule has 0 aromatic heterocycles. The van der Waals surface area contributed by atoms with E-state index in [0.717, 1.165) is 11.1 Å². The van der Waals surface area contributed by atoms with E-state index in [1.54, 1.807) is 18.2 Å². The summed E-state index contributed by atoms with van der Waals surface area (Å²) in [6.45, 7) is 2.49. The van der Waals surface area contributed by atoms with E-state index in [2.05, 4.69) is 5.32 Å². The molecule has 132 valence electrons. The maximum absolute atomic E-state index is 11.8. The molecule has 0 spiro atoms. The van der Waals surface area contributed by atoms with Crippen LogP contribution in [0.3, 0.4) is 0 Å². The maximum atomic E-state index is 11.8. The van der Waals surface area contributed by atoms with Crippen molar-refractivity contribution in [2.24, 2.45) is 0 Å². The van der Waals surface area contributed by atoms with Gasteiger partial charge in [0, 0.05) is 6.54 Å². The van der Waals surface area contributed by atoms with Crippen LogP contribution in [-0.2, 0) is 4.79 Å². The smallest absolute Gasteiger partial charge is 0.257 e. The quantitative estimate of drug-likeness (QED) is 0.807. The van der Waals surface area contributed by atoms with Crippen molar-refractivity contribution in [1.29, 1.82) is 0 Å². The van der Waals surface area contributed by atoms with Gasteiger partial charge < -0.3 is 24.6 Å². The Balaban J connectivity index is 1.39. The van der Waals surface area contributed by atoms with Crippen LogP contribution >= 0.6 is 0 Å². The SMILES string of the molecule is Cc1ccc(OCC(=O)NCCC(O)c2ccc3c(c2)OCO3)cc1. The molecule has 0 fully saturated rings. The number of aliphatic hydroxyl groups is 1. The van der Waals surface area contributed by atoms with Gasteiger partial charge in [-0.15, -0.1) is 0 Å². The summed E-state index contributed by atoms with van der Waals surface area (Å²) in [5.41, 5.74) is 1.86. The van der Waals surface area contributed by atoms with Crippen molar-refractivity contribution < 1.29 is 24.1 Å². The Morgan fingerprint density at radius 1 is 1.20 bits per heavy atom. The van der Waals surface area contributed by atoms with Gasteiger partial charge in [0.25, 0.3) is 5.91 Å². The molecule has 3 rings (SSSR count). The van der Waals surface area contributed by atoms with Crippen LogP contribution in [0.1, 0.15) is 23.7 Å². The van der Waals surface area contributed by atoms with Crippen LogP contribution in [-0.4, -0.2) is 31.0 Å². The molecule has 1 amide bonds. The van der Waals surface area contributed by atoms with Gasteiger partial charge in [0.1, 0.15) is 5.75 Å². The van der Waals surface area contributed by atoms with Gasteiger partial charge in [0.2, 0.25) is 6.79 Å². The fraction of sp³-hybridized carbons (Fsp3) is 0.316.